The molecule has 0 spiro atoms. The number of carbonyl (C=O) groups excluding carboxylic acids is 1. The molecule has 1 aromatic carbocycles. The van der Waals surface area contributed by atoms with E-state index in [1.54, 1.807) is 37.6 Å². The van der Waals surface area contributed by atoms with Gasteiger partial charge in [-0.25, -0.2) is 4.98 Å². The largest absolute Gasteiger partial charge is 0.494 e. The first kappa shape index (κ1) is 15.6. The van der Waals surface area contributed by atoms with Crippen molar-refractivity contribution in [3.05, 3.63) is 42.6 Å². The van der Waals surface area contributed by atoms with Gasteiger partial charge in [0.05, 0.1) is 18.5 Å². The Morgan fingerprint density at radius 2 is 2.05 bits per heavy atom. The van der Waals surface area contributed by atoms with E-state index in [9.17, 15) is 4.79 Å². The van der Waals surface area contributed by atoms with Gasteiger partial charge >= 0.3 is 0 Å². The van der Waals surface area contributed by atoms with Crippen LogP contribution in [0.3, 0.4) is 0 Å². The molecular formula is C16H18N4O2. The number of hydrogen-bond acceptors (Lipinski definition) is 5. The van der Waals surface area contributed by atoms with Crippen LogP contribution >= 0.6 is 0 Å². The van der Waals surface area contributed by atoms with Gasteiger partial charge < -0.3 is 10.1 Å². The van der Waals surface area contributed by atoms with E-state index in [1.807, 2.05) is 26.0 Å². The Morgan fingerprint density at radius 3 is 2.68 bits per heavy atom. The summed E-state index contributed by atoms with van der Waals surface area (Å²) in [7, 11) is 1.54. The Hall–Kier alpha value is -2.76. The maximum absolute atomic E-state index is 11.8. The Balaban J connectivity index is 2.18. The first-order valence-corrected chi connectivity index (χ1v) is 6.92. The number of anilines is 1. The van der Waals surface area contributed by atoms with Gasteiger partial charge in [-0.05, 0) is 24.3 Å². The maximum Gasteiger partial charge on any atom is 0.227 e. The highest BCUT2D eigenvalue weighted by molar-refractivity contribution is 5.93. The van der Waals surface area contributed by atoms with E-state index in [0.29, 0.717) is 22.9 Å². The lowest BCUT2D eigenvalue weighted by atomic mass is 10.2. The van der Waals surface area contributed by atoms with E-state index in [2.05, 4.69) is 20.5 Å². The Morgan fingerprint density at radius 1 is 1.23 bits per heavy atom. The van der Waals surface area contributed by atoms with Gasteiger partial charge in [-0.3, -0.25) is 4.79 Å². The molecule has 0 saturated heterocycles. The highest BCUT2D eigenvalue weighted by Gasteiger charge is 2.11. The second-order valence-electron chi connectivity index (χ2n) is 4.92. The second kappa shape index (κ2) is 7.31. The third kappa shape index (κ3) is 4.12. The van der Waals surface area contributed by atoms with Gasteiger partial charge in [0.2, 0.25) is 5.91 Å². The summed E-state index contributed by atoms with van der Waals surface area (Å²) < 4.78 is 5.29. The van der Waals surface area contributed by atoms with E-state index in [1.165, 1.54) is 0 Å². The number of ether oxygens (including phenoxy) is 1. The summed E-state index contributed by atoms with van der Waals surface area (Å²) in [6.07, 6.45) is 1.65. The summed E-state index contributed by atoms with van der Waals surface area (Å²) >= 11 is 0. The van der Waals surface area contributed by atoms with Crippen LogP contribution in [0.5, 0.6) is 5.75 Å². The molecule has 1 aromatic heterocycles. The normalized spacial score (nSPS) is 10.9. The molecule has 0 aliphatic heterocycles. The van der Waals surface area contributed by atoms with Gasteiger partial charge in [0.15, 0.2) is 5.82 Å². The summed E-state index contributed by atoms with van der Waals surface area (Å²) in [5.74, 6) is 0.888. The van der Waals surface area contributed by atoms with Gasteiger partial charge in [-0.1, -0.05) is 19.9 Å². The minimum Gasteiger partial charge on any atom is -0.494 e. The fourth-order valence-electron chi connectivity index (χ4n) is 1.64. The molecule has 2 rings (SSSR count). The van der Waals surface area contributed by atoms with Gasteiger partial charge in [-0.15, -0.1) is 10.2 Å². The van der Waals surface area contributed by atoms with Crippen LogP contribution in [0.2, 0.25) is 0 Å². The molecule has 1 heterocycles. The molecule has 0 atom stereocenters. The van der Waals surface area contributed by atoms with Crippen molar-refractivity contribution in [3.8, 4) is 5.75 Å². The predicted octanol–water partition coefficient (Wildman–Crippen LogP) is 4.10. The van der Waals surface area contributed by atoms with E-state index in [4.69, 9.17) is 4.74 Å². The van der Waals surface area contributed by atoms with E-state index in [-0.39, 0.29) is 11.8 Å². The third-order valence-electron chi connectivity index (χ3n) is 2.88. The van der Waals surface area contributed by atoms with Crippen molar-refractivity contribution < 1.29 is 9.53 Å². The molecule has 1 N–H and O–H groups in total. The molecule has 0 aliphatic carbocycles. The number of nitrogens with one attached hydrogen (secondary N) is 1. The minimum absolute atomic E-state index is 0.0684. The van der Waals surface area contributed by atoms with Crippen LogP contribution in [-0.4, -0.2) is 18.0 Å². The summed E-state index contributed by atoms with van der Waals surface area (Å²) in [5.41, 5.74) is 1.23. The number of rotatable bonds is 5. The number of amides is 1. The molecule has 0 unspecified atom stereocenters. The fourth-order valence-corrected chi connectivity index (χ4v) is 1.64. The van der Waals surface area contributed by atoms with Crippen molar-refractivity contribution in [2.24, 2.45) is 16.1 Å². The number of aromatic nitrogens is 1. The van der Waals surface area contributed by atoms with Gasteiger partial charge in [0, 0.05) is 18.2 Å². The van der Waals surface area contributed by atoms with Crippen molar-refractivity contribution in [3.63, 3.8) is 0 Å². The Labute approximate surface area is 129 Å². The summed E-state index contributed by atoms with van der Waals surface area (Å²) in [5, 5.41) is 11.0. The van der Waals surface area contributed by atoms with Gasteiger partial charge in [-0.2, -0.15) is 0 Å². The smallest absolute Gasteiger partial charge is 0.227 e. The fraction of sp³-hybridized carbons (Fsp3) is 0.250. The van der Waals surface area contributed by atoms with Crippen molar-refractivity contribution >= 4 is 23.1 Å². The number of carbonyl (C=O) groups is 1. The van der Waals surface area contributed by atoms with Crippen molar-refractivity contribution in [1.82, 2.24) is 4.98 Å². The third-order valence-corrected chi connectivity index (χ3v) is 2.88. The van der Waals surface area contributed by atoms with Gasteiger partial charge in [0.1, 0.15) is 5.75 Å². The zero-order chi connectivity index (χ0) is 15.9. The Kier molecular flexibility index (Phi) is 5.19. The van der Waals surface area contributed by atoms with Gasteiger partial charge in [0.25, 0.3) is 0 Å². The first-order valence-electron chi connectivity index (χ1n) is 6.92. The lowest BCUT2D eigenvalue weighted by Gasteiger charge is -2.12. The lowest BCUT2D eigenvalue weighted by molar-refractivity contribution is -0.118. The van der Waals surface area contributed by atoms with E-state index in [0.717, 1.165) is 0 Å². The molecule has 0 radical (unpaired) electrons. The molecule has 2 aromatic rings. The number of pyridine rings is 1. The number of hydrogen-bond donors (Lipinski definition) is 1. The first-order chi connectivity index (χ1) is 10.6. The van der Waals surface area contributed by atoms with Crippen LogP contribution < -0.4 is 10.1 Å². The van der Waals surface area contributed by atoms with Crippen LogP contribution in [0.4, 0.5) is 17.2 Å². The molecule has 0 aliphatic rings. The molecule has 0 bridgehead atoms. The molecule has 1 amide bonds. The molecular weight excluding hydrogens is 280 g/mol. The zero-order valence-electron chi connectivity index (χ0n) is 12.8. The number of benzene rings is 1. The predicted molar refractivity (Wildman–Crippen MR) is 84.9 cm³/mol. The average molecular weight is 298 g/mol. The molecule has 0 fully saturated rings. The average Bonchev–Trinajstić information content (AvgIpc) is 2.54. The Bertz CT molecular complexity index is 669. The van der Waals surface area contributed by atoms with Crippen LogP contribution in [0.1, 0.15) is 13.8 Å². The minimum atomic E-state index is -0.103. The number of methoxy groups -OCH3 is 1. The summed E-state index contributed by atoms with van der Waals surface area (Å²) in [4.78, 5) is 15.8. The molecule has 22 heavy (non-hydrogen) atoms. The highest BCUT2D eigenvalue weighted by atomic mass is 16.5. The maximum atomic E-state index is 11.8. The monoisotopic (exact) mass is 298 g/mol. The lowest BCUT2D eigenvalue weighted by Crippen LogP contribution is -2.18. The van der Waals surface area contributed by atoms with E-state index < -0.39 is 0 Å². The van der Waals surface area contributed by atoms with Crippen molar-refractivity contribution in [2.75, 3.05) is 12.4 Å². The van der Waals surface area contributed by atoms with Crippen molar-refractivity contribution in [1.29, 1.82) is 0 Å². The van der Waals surface area contributed by atoms with Crippen LogP contribution in [0.15, 0.2) is 52.8 Å². The number of nitrogens with zero attached hydrogens (tertiary/aromatic N) is 3. The van der Waals surface area contributed by atoms with Crippen molar-refractivity contribution in [2.45, 2.75) is 13.8 Å². The van der Waals surface area contributed by atoms with Crippen LogP contribution in [-0.2, 0) is 4.79 Å². The second-order valence-corrected chi connectivity index (χ2v) is 4.92. The molecule has 6 nitrogen and oxygen atoms in total. The van der Waals surface area contributed by atoms with Crippen LogP contribution in [0.25, 0.3) is 0 Å². The quantitative estimate of drug-likeness (QED) is 0.844. The molecule has 0 saturated carbocycles. The standard InChI is InChI=1S/C16H18N4O2/c1-11(2)16(21)18-13-8-7-12(10-14(13)22-3)19-20-15-6-4-5-9-17-15/h4-11H,1-3H3,(H,18,21). The summed E-state index contributed by atoms with van der Waals surface area (Å²) in [6.45, 7) is 3.66. The topological polar surface area (TPSA) is 75.9 Å². The molecule has 6 heteroatoms. The summed E-state index contributed by atoms with van der Waals surface area (Å²) in [6, 6.07) is 10.6. The van der Waals surface area contributed by atoms with E-state index >= 15 is 0 Å². The zero-order valence-corrected chi connectivity index (χ0v) is 12.8. The van der Waals surface area contributed by atoms with Crippen LogP contribution in [0, 0.1) is 5.92 Å². The molecule has 114 valence electrons. The SMILES string of the molecule is COc1cc(N=Nc2ccccn2)ccc1NC(=O)C(C)C. The number of azo groups is 1. The highest BCUT2D eigenvalue weighted by Crippen LogP contribution is 2.30.